The molecule has 0 aliphatic carbocycles. The fraction of sp³-hybridized carbons (Fsp3) is 0.462. The number of hydrogen-bond donors (Lipinski definition) is 1. The molecule has 1 aromatic rings. The molecule has 3 nitrogen and oxygen atoms in total. The van der Waals surface area contributed by atoms with Crippen LogP contribution in [0.2, 0.25) is 0 Å². The van der Waals surface area contributed by atoms with Crippen LogP contribution in [0.25, 0.3) is 0 Å². The molecule has 1 heterocycles. The average Bonchev–Trinajstić information content (AvgIpc) is 2.76. The molecule has 0 saturated carbocycles. The van der Waals surface area contributed by atoms with E-state index in [4.69, 9.17) is 5.26 Å². The Morgan fingerprint density at radius 2 is 2.38 bits per heavy atom. The van der Waals surface area contributed by atoms with Crippen LogP contribution in [0.5, 0.6) is 0 Å². The lowest BCUT2D eigenvalue weighted by molar-refractivity contribution is 0.266. The quantitative estimate of drug-likeness (QED) is 0.820. The summed E-state index contributed by atoms with van der Waals surface area (Å²) in [5.74, 6) is 0. The van der Waals surface area contributed by atoms with Gasteiger partial charge in [-0.15, -0.1) is 0 Å². The van der Waals surface area contributed by atoms with E-state index in [1.165, 1.54) is 0 Å². The van der Waals surface area contributed by atoms with Gasteiger partial charge in [-0.3, -0.25) is 0 Å². The maximum atomic E-state index is 9.31. The van der Waals surface area contributed by atoms with Crippen LogP contribution in [-0.2, 0) is 0 Å². The predicted octanol–water partition coefficient (Wildman–Crippen LogP) is 1.83. The fourth-order valence-electron chi connectivity index (χ4n) is 2.32. The van der Waals surface area contributed by atoms with E-state index < -0.39 is 0 Å². The zero-order valence-electron chi connectivity index (χ0n) is 9.48. The van der Waals surface area contributed by atoms with E-state index in [9.17, 15) is 5.11 Å². The van der Waals surface area contributed by atoms with E-state index in [0.717, 1.165) is 30.6 Å². The Kier molecular flexibility index (Phi) is 3.12. The standard InChI is InChI=1S/C13H16N2O/c1-10-4-5-11(8-14)13(7-10)15-6-2-3-12(15)9-16/h4-5,7,12,16H,2-3,6,9H2,1H3. The summed E-state index contributed by atoms with van der Waals surface area (Å²) < 4.78 is 0. The lowest BCUT2D eigenvalue weighted by Gasteiger charge is -2.26. The van der Waals surface area contributed by atoms with Crippen molar-refractivity contribution in [2.75, 3.05) is 18.1 Å². The van der Waals surface area contributed by atoms with E-state index in [1.807, 2.05) is 25.1 Å². The molecule has 2 rings (SSSR count). The summed E-state index contributed by atoms with van der Waals surface area (Å²) in [5, 5.41) is 18.4. The first-order valence-electron chi connectivity index (χ1n) is 5.64. The zero-order valence-corrected chi connectivity index (χ0v) is 9.48. The number of nitriles is 1. The highest BCUT2D eigenvalue weighted by Gasteiger charge is 2.25. The van der Waals surface area contributed by atoms with Crippen molar-refractivity contribution in [3.05, 3.63) is 29.3 Å². The highest BCUT2D eigenvalue weighted by atomic mass is 16.3. The van der Waals surface area contributed by atoms with Crippen LogP contribution in [0.1, 0.15) is 24.0 Å². The molecule has 1 aliphatic heterocycles. The summed E-state index contributed by atoms with van der Waals surface area (Å²) in [6.07, 6.45) is 2.10. The Labute approximate surface area is 95.9 Å². The van der Waals surface area contributed by atoms with E-state index in [1.54, 1.807) is 0 Å². The third-order valence-corrected chi connectivity index (χ3v) is 3.17. The van der Waals surface area contributed by atoms with Crippen LogP contribution in [0.4, 0.5) is 5.69 Å². The maximum absolute atomic E-state index is 9.31. The molecule has 1 fully saturated rings. The Morgan fingerprint density at radius 1 is 1.56 bits per heavy atom. The van der Waals surface area contributed by atoms with Gasteiger partial charge in [0.25, 0.3) is 0 Å². The third kappa shape index (κ3) is 1.89. The molecular weight excluding hydrogens is 200 g/mol. The van der Waals surface area contributed by atoms with Gasteiger partial charge < -0.3 is 10.0 Å². The first kappa shape index (κ1) is 11.0. The predicted molar refractivity (Wildman–Crippen MR) is 63.3 cm³/mol. The highest BCUT2D eigenvalue weighted by Crippen LogP contribution is 2.29. The molecule has 0 bridgehead atoms. The van der Waals surface area contributed by atoms with Crippen molar-refractivity contribution in [3.8, 4) is 6.07 Å². The second-order valence-corrected chi connectivity index (χ2v) is 4.30. The lowest BCUT2D eigenvalue weighted by atomic mass is 10.1. The van der Waals surface area contributed by atoms with Gasteiger partial charge in [0.2, 0.25) is 0 Å². The molecule has 0 amide bonds. The fourth-order valence-corrected chi connectivity index (χ4v) is 2.32. The molecule has 84 valence electrons. The van der Waals surface area contributed by atoms with E-state index in [2.05, 4.69) is 11.0 Å². The maximum Gasteiger partial charge on any atom is 0.101 e. The summed E-state index contributed by atoms with van der Waals surface area (Å²) in [4.78, 5) is 2.16. The van der Waals surface area contributed by atoms with Crippen molar-refractivity contribution >= 4 is 5.69 Å². The second-order valence-electron chi connectivity index (χ2n) is 4.30. The number of hydrogen-bond acceptors (Lipinski definition) is 3. The van der Waals surface area contributed by atoms with Gasteiger partial charge in [-0.25, -0.2) is 0 Å². The van der Waals surface area contributed by atoms with Crippen molar-refractivity contribution in [2.45, 2.75) is 25.8 Å². The molecule has 1 atom stereocenters. The normalized spacial score (nSPS) is 19.8. The molecule has 1 aromatic carbocycles. The molecule has 0 aromatic heterocycles. The molecule has 1 saturated heterocycles. The van der Waals surface area contributed by atoms with Crippen molar-refractivity contribution in [1.29, 1.82) is 5.26 Å². The van der Waals surface area contributed by atoms with Gasteiger partial charge in [-0.1, -0.05) is 6.07 Å². The van der Waals surface area contributed by atoms with E-state index in [0.29, 0.717) is 5.56 Å². The number of rotatable bonds is 2. The van der Waals surface area contributed by atoms with Crippen LogP contribution in [0.15, 0.2) is 18.2 Å². The van der Waals surface area contributed by atoms with Crippen LogP contribution in [0.3, 0.4) is 0 Å². The smallest absolute Gasteiger partial charge is 0.101 e. The Bertz CT molecular complexity index is 422. The monoisotopic (exact) mass is 216 g/mol. The molecule has 0 spiro atoms. The number of benzene rings is 1. The van der Waals surface area contributed by atoms with Crippen LogP contribution in [-0.4, -0.2) is 24.3 Å². The molecule has 0 radical (unpaired) electrons. The molecular formula is C13H16N2O. The number of aliphatic hydroxyl groups is 1. The molecule has 1 N–H and O–H groups in total. The van der Waals surface area contributed by atoms with Gasteiger partial charge >= 0.3 is 0 Å². The largest absolute Gasteiger partial charge is 0.394 e. The van der Waals surface area contributed by atoms with Gasteiger partial charge in [-0.2, -0.15) is 5.26 Å². The third-order valence-electron chi connectivity index (χ3n) is 3.17. The second kappa shape index (κ2) is 4.54. The Balaban J connectivity index is 2.39. The van der Waals surface area contributed by atoms with Crippen LogP contribution >= 0.6 is 0 Å². The first-order valence-corrected chi connectivity index (χ1v) is 5.64. The molecule has 1 aliphatic rings. The van der Waals surface area contributed by atoms with Crippen molar-refractivity contribution in [2.24, 2.45) is 0 Å². The number of aryl methyl sites for hydroxylation is 1. The summed E-state index contributed by atoms with van der Waals surface area (Å²) in [7, 11) is 0. The minimum absolute atomic E-state index is 0.165. The topological polar surface area (TPSA) is 47.3 Å². The minimum atomic E-state index is 0.165. The summed E-state index contributed by atoms with van der Waals surface area (Å²) in [6.45, 7) is 3.12. The van der Waals surface area contributed by atoms with Crippen molar-refractivity contribution < 1.29 is 5.11 Å². The van der Waals surface area contributed by atoms with Crippen molar-refractivity contribution in [1.82, 2.24) is 0 Å². The molecule has 1 unspecified atom stereocenters. The Morgan fingerprint density at radius 3 is 3.06 bits per heavy atom. The van der Waals surface area contributed by atoms with Crippen molar-refractivity contribution in [3.63, 3.8) is 0 Å². The van der Waals surface area contributed by atoms with Crippen LogP contribution in [0, 0.1) is 18.3 Å². The molecule has 16 heavy (non-hydrogen) atoms. The lowest BCUT2D eigenvalue weighted by Crippen LogP contribution is -2.32. The number of anilines is 1. The minimum Gasteiger partial charge on any atom is -0.394 e. The van der Waals surface area contributed by atoms with Gasteiger partial charge in [0.15, 0.2) is 0 Å². The summed E-state index contributed by atoms with van der Waals surface area (Å²) in [6, 6.07) is 8.24. The summed E-state index contributed by atoms with van der Waals surface area (Å²) >= 11 is 0. The van der Waals surface area contributed by atoms with Gasteiger partial charge in [0.1, 0.15) is 6.07 Å². The summed E-state index contributed by atoms with van der Waals surface area (Å²) in [5.41, 5.74) is 2.82. The molecule has 3 heteroatoms. The van der Waals surface area contributed by atoms with Gasteiger partial charge in [-0.05, 0) is 37.5 Å². The average molecular weight is 216 g/mol. The number of nitrogens with zero attached hydrogens (tertiary/aromatic N) is 2. The SMILES string of the molecule is Cc1ccc(C#N)c(N2CCCC2CO)c1. The number of aliphatic hydroxyl groups excluding tert-OH is 1. The Hall–Kier alpha value is -1.53. The van der Waals surface area contributed by atoms with Gasteiger partial charge in [0, 0.05) is 6.54 Å². The first-order chi connectivity index (χ1) is 7.76. The highest BCUT2D eigenvalue weighted by molar-refractivity contribution is 5.61. The van der Waals surface area contributed by atoms with Crippen LogP contribution < -0.4 is 4.90 Å². The van der Waals surface area contributed by atoms with E-state index in [-0.39, 0.29) is 12.6 Å². The van der Waals surface area contributed by atoms with Gasteiger partial charge in [0.05, 0.1) is 23.9 Å². The van der Waals surface area contributed by atoms with E-state index >= 15 is 0 Å². The zero-order chi connectivity index (χ0) is 11.5.